The van der Waals surface area contributed by atoms with Crippen molar-refractivity contribution in [2.45, 2.75) is 39.3 Å². The molecule has 0 saturated carbocycles. The minimum atomic E-state index is -0.310. The fraction of sp³-hybridized carbons (Fsp3) is 0.360. The standard InChI is InChI=1S/C25H28N6O2/c1-16-6-9-19-14-21(25(32)26-22(19)17(16)2)23(30-12-4-5-13-30)24-27-28-29-31(24)15-18-7-10-20(33-3)11-8-18/h6-11,14,23H,4-5,12-13,15H2,1-3H3,(H,26,32)/t23-/m1/s1. The molecule has 8 heteroatoms. The molecule has 0 amide bonds. The molecule has 4 aromatic rings. The molecule has 0 aliphatic carbocycles. The highest BCUT2D eigenvalue weighted by atomic mass is 16.5. The molecule has 2 aromatic heterocycles. The average Bonchev–Trinajstić information content (AvgIpc) is 3.51. The summed E-state index contributed by atoms with van der Waals surface area (Å²) in [4.78, 5) is 18.8. The van der Waals surface area contributed by atoms with Gasteiger partial charge in [-0.2, -0.15) is 0 Å². The monoisotopic (exact) mass is 444 g/mol. The van der Waals surface area contributed by atoms with E-state index >= 15 is 0 Å². The first kappa shape index (κ1) is 21.3. The van der Waals surface area contributed by atoms with Crippen molar-refractivity contribution in [3.8, 4) is 5.75 Å². The van der Waals surface area contributed by atoms with Crippen molar-refractivity contribution in [1.29, 1.82) is 0 Å². The van der Waals surface area contributed by atoms with Crippen LogP contribution in [0.2, 0.25) is 0 Å². The molecule has 5 rings (SSSR count). The van der Waals surface area contributed by atoms with Gasteiger partial charge in [-0.25, -0.2) is 4.68 Å². The van der Waals surface area contributed by atoms with Gasteiger partial charge in [0.15, 0.2) is 5.82 Å². The van der Waals surface area contributed by atoms with Crippen LogP contribution in [0.4, 0.5) is 0 Å². The van der Waals surface area contributed by atoms with Crippen LogP contribution in [0.1, 0.15) is 47.0 Å². The van der Waals surface area contributed by atoms with Gasteiger partial charge in [-0.3, -0.25) is 9.69 Å². The van der Waals surface area contributed by atoms with Crippen LogP contribution in [0.15, 0.2) is 47.3 Å². The number of aryl methyl sites for hydroxylation is 2. The Morgan fingerprint density at radius 1 is 1.09 bits per heavy atom. The molecule has 0 spiro atoms. The number of nitrogens with zero attached hydrogens (tertiary/aromatic N) is 5. The van der Waals surface area contributed by atoms with Crippen LogP contribution in [0.5, 0.6) is 5.75 Å². The second kappa shape index (κ2) is 8.78. The van der Waals surface area contributed by atoms with E-state index in [1.54, 1.807) is 11.8 Å². The Labute approximate surface area is 192 Å². The average molecular weight is 445 g/mol. The van der Waals surface area contributed by atoms with Crippen molar-refractivity contribution in [2.75, 3.05) is 20.2 Å². The number of hydrogen-bond acceptors (Lipinski definition) is 6. The van der Waals surface area contributed by atoms with Gasteiger partial charge in [0.05, 0.1) is 19.2 Å². The van der Waals surface area contributed by atoms with Crippen molar-refractivity contribution in [3.05, 3.63) is 80.9 Å². The molecule has 1 fully saturated rings. The Morgan fingerprint density at radius 2 is 1.85 bits per heavy atom. The summed E-state index contributed by atoms with van der Waals surface area (Å²) in [6.45, 7) is 6.43. The molecule has 0 unspecified atom stereocenters. The van der Waals surface area contributed by atoms with Gasteiger partial charge in [-0.15, -0.1) is 5.10 Å². The summed E-state index contributed by atoms with van der Waals surface area (Å²) >= 11 is 0. The number of pyridine rings is 1. The Morgan fingerprint density at radius 3 is 2.58 bits per heavy atom. The molecule has 2 aromatic carbocycles. The Kier molecular flexibility index (Phi) is 5.68. The maximum atomic E-state index is 13.4. The predicted molar refractivity (Wildman–Crippen MR) is 127 cm³/mol. The first-order chi connectivity index (χ1) is 16.0. The third-order valence-corrected chi connectivity index (χ3v) is 6.68. The van der Waals surface area contributed by atoms with Crippen molar-refractivity contribution in [1.82, 2.24) is 30.1 Å². The molecule has 170 valence electrons. The second-order valence-electron chi connectivity index (χ2n) is 8.71. The van der Waals surface area contributed by atoms with E-state index in [1.807, 2.05) is 37.3 Å². The van der Waals surface area contributed by atoms with Crippen LogP contribution >= 0.6 is 0 Å². The van der Waals surface area contributed by atoms with E-state index in [0.29, 0.717) is 17.9 Å². The lowest BCUT2D eigenvalue weighted by Gasteiger charge is -2.26. The van der Waals surface area contributed by atoms with Crippen molar-refractivity contribution in [3.63, 3.8) is 0 Å². The minimum Gasteiger partial charge on any atom is -0.497 e. The zero-order chi connectivity index (χ0) is 22.9. The van der Waals surface area contributed by atoms with Crippen LogP contribution in [0, 0.1) is 13.8 Å². The number of benzene rings is 2. The molecule has 8 nitrogen and oxygen atoms in total. The molecule has 1 atom stereocenters. The smallest absolute Gasteiger partial charge is 0.253 e. The maximum Gasteiger partial charge on any atom is 0.253 e. The zero-order valence-electron chi connectivity index (χ0n) is 19.2. The van der Waals surface area contributed by atoms with Gasteiger partial charge >= 0.3 is 0 Å². The lowest BCUT2D eigenvalue weighted by molar-refractivity contribution is 0.263. The molecule has 1 aliphatic rings. The molecule has 33 heavy (non-hydrogen) atoms. The Hall–Kier alpha value is -3.52. The number of ether oxygens (including phenoxy) is 1. The number of hydrogen-bond donors (Lipinski definition) is 1. The SMILES string of the molecule is COc1ccc(Cn2nnnc2[C@@H](c2cc3ccc(C)c(C)c3[nH]c2=O)N2CCCC2)cc1. The number of aromatic amines is 1. The summed E-state index contributed by atoms with van der Waals surface area (Å²) in [7, 11) is 1.65. The summed E-state index contributed by atoms with van der Waals surface area (Å²) in [6.07, 6.45) is 2.20. The number of H-pyrrole nitrogens is 1. The van der Waals surface area contributed by atoms with Gasteiger partial charge in [0, 0.05) is 5.56 Å². The van der Waals surface area contributed by atoms with Crippen molar-refractivity contribution < 1.29 is 4.74 Å². The zero-order valence-corrected chi connectivity index (χ0v) is 19.2. The molecule has 1 N–H and O–H groups in total. The lowest BCUT2D eigenvalue weighted by Crippen LogP contribution is -2.33. The Bertz CT molecular complexity index is 1340. The van der Waals surface area contributed by atoms with Gasteiger partial charge in [-0.05, 0) is 90.5 Å². The van der Waals surface area contributed by atoms with E-state index < -0.39 is 0 Å². The van der Waals surface area contributed by atoms with Crippen LogP contribution < -0.4 is 10.3 Å². The van der Waals surface area contributed by atoms with Gasteiger partial charge in [-0.1, -0.05) is 24.3 Å². The van der Waals surface area contributed by atoms with Crippen LogP contribution in [0.3, 0.4) is 0 Å². The highest BCUT2D eigenvalue weighted by molar-refractivity contribution is 5.83. The number of tetrazole rings is 1. The summed E-state index contributed by atoms with van der Waals surface area (Å²) in [6, 6.07) is 13.7. The number of likely N-dealkylation sites (tertiary alicyclic amines) is 1. The summed E-state index contributed by atoms with van der Waals surface area (Å²) < 4.78 is 7.06. The first-order valence-corrected chi connectivity index (χ1v) is 11.3. The van der Waals surface area contributed by atoms with E-state index in [1.165, 1.54) is 0 Å². The predicted octanol–water partition coefficient (Wildman–Crippen LogP) is 3.37. The van der Waals surface area contributed by atoms with Crippen LogP contribution in [0.25, 0.3) is 10.9 Å². The largest absolute Gasteiger partial charge is 0.497 e. The van der Waals surface area contributed by atoms with Gasteiger partial charge in [0.25, 0.3) is 5.56 Å². The van der Waals surface area contributed by atoms with Crippen molar-refractivity contribution >= 4 is 10.9 Å². The van der Waals surface area contributed by atoms with Gasteiger partial charge < -0.3 is 9.72 Å². The van der Waals surface area contributed by atoms with E-state index in [0.717, 1.165) is 59.3 Å². The molecule has 1 aliphatic heterocycles. The number of nitrogens with one attached hydrogen (secondary N) is 1. The quantitative estimate of drug-likeness (QED) is 0.491. The minimum absolute atomic E-state index is 0.0907. The number of fused-ring (bicyclic) bond motifs is 1. The van der Waals surface area contributed by atoms with Gasteiger partial charge in [0.1, 0.15) is 11.8 Å². The van der Waals surface area contributed by atoms with Crippen LogP contribution in [-0.4, -0.2) is 50.3 Å². The molecule has 3 heterocycles. The number of aromatic nitrogens is 5. The molecule has 0 radical (unpaired) electrons. The van der Waals surface area contributed by atoms with E-state index in [2.05, 4.69) is 44.5 Å². The third kappa shape index (κ3) is 4.02. The molecule has 0 bridgehead atoms. The third-order valence-electron chi connectivity index (χ3n) is 6.68. The summed E-state index contributed by atoms with van der Waals surface area (Å²) in [5.41, 5.74) is 4.79. The lowest BCUT2D eigenvalue weighted by atomic mass is 10.0. The van der Waals surface area contributed by atoms with Crippen molar-refractivity contribution in [2.24, 2.45) is 0 Å². The highest BCUT2D eigenvalue weighted by Gasteiger charge is 2.32. The normalized spacial score (nSPS) is 15.2. The maximum absolute atomic E-state index is 13.4. The second-order valence-corrected chi connectivity index (χ2v) is 8.71. The number of methoxy groups -OCH3 is 1. The molecular weight excluding hydrogens is 416 g/mol. The first-order valence-electron chi connectivity index (χ1n) is 11.3. The summed E-state index contributed by atoms with van der Waals surface area (Å²) in [5.74, 6) is 1.49. The highest BCUT2D eigenvalue weighted by Crippen LogP contribution is 2.30. The molecule has 1 saturated heterocycles. The van der Waals surface area contributed by atoms with Crippen LogP contribution in [-0.2, 0) is 6.54 Å². The van der Waals surface area contributed by atoms with Gasteiger partial charge in [0.2, 0.25) is 0 Å². The molecular formula is C25H28N6O2. The fourth-order valence-corrected chi connectivity index (χ4v) is 4.67. The fourth-order valence-electron chi connectivity index (χ4n) is 4.67. The summed E-state index contributed by atoms with van der Waals surface area (Å²) in [5, 5.41) is 13.7. The van der Waals surface area contributed by atoms with E-state index in [9.17, 15) is 4.79 Å². The Balaban J connectivity index is 1.59. The van der Waals surface area contributed by atoms with E-state index in [-0.39, 0.29) is 11.6 Å². The number of rotatable bonds is 6. The van der Waals surface area contributed by atoms with E-state index in [4.69, 9.17) is 4.74 Å². The topological polar surface area (TPSA) is 88.9 Å².